The second kappa shape index (κ2) is 8.37. The minimum absolute atomic E-state index is 0.0659. The second-order valence-electron chi connectivity index (χ2n) is 7.99. The van der Waals surface area contributed by atoms with Crippen LogP contribution in [0.15, 0.2) is 65.5 Å². The van der Waals surface area contributed by atoms with Crippen LogP contribution in [-0.4, -0.2) is 25.2 Å². The molecule has 2 heterocycles. The lowest BCUT2D eigenvalue weighted by Crippen LogP contribution is -2.26. The van der Waals surface area contributed by atoms with Gasteiger partial charge in [0.1, 0.15) is 11.5 Å². The number of hydrogen-bond acceptors (Lipinski definition) is 4. The number of nitrogens with zero attached hydrogens (tertiary/aromatic N) is 4. The molecule has 0 atom stereocenters. The van der Waals surface area contributed by atoms with Gasteiger partial charge in [-0.2, -0.15) is 9.78 Å². The molecule has 1 aliphatic carbocycles. The fourth-order valence-electron chi connectivity index (χ4n) is 4.31. The van der Waals surface area contributed by atoms with Crippen LogP contribution >= 0.6 is 0 Å². The SMILES string of the molecule is O=C(Nc1nc2ccccc2n1C1CCCCC1)c1ccc(=O)n(-c2ccc(F)cc2)n1. The van der Waals surface area contributed by atoms with E-state index in [1.807, 2.05) is 24.3 Å². The molecule has 0 unspecified atom stereocenters. The minimum atomic E-state index is -0.465. The number of imidazole rings is 1. The number of carbonyl (C=O) groups excluding carboxylic acids is 1. The van der Waals surface area contributed by atoms with Crippen molar-refractivity contribution in [1.82, 2.24) is 19.3 Å². The number of halogens is 1. The van der Waals surface area contributed by atoms with Crippen LogP contribution in [0.3, 0.4) is 0 Å². The summed E-state index contributed by atoms with van der Waals surface area (Å²) < 4.78 is 16.4. The highest BCUT2D eigenvalue weighted by Gasteiger charge is 2.23. The molecule has 1 amide bonds. The van der Waals surface area contributed by atoms with Gasteiger partial charge in [-0.15, -0.1) is 0 Å². The average molecular weight is 431 g/mol. The number of para-hydroxylation sites is 2. The van der Waals surface area contributed by atoms with Crippen LogP contribution in [-0.2, 0) is 0 Å². The molecule has 0 saturated heterocycles. The van der Waals surface area contributed by atoms with Crippen molar-refractivity contribution in [2.24, 2.45) is 0 Å². The van der Waals surface area contributed by atoms with E-state index in [1.165, 1.54) is 42.8 Å². The molecule has 162 valence electrons. The number of rotatable bonds is 4. The van der Waals surface area contributed by atoms with Crippen LogP contribution in [0.2, 0.25) is 0 Å². The van der Waals surface area contributed by atoms with Crippen molar-refractivity contribution in [2.45, 2.75) is 38.1 Å². The Kier molecular flexibility index (Phi) is 5.26. The van der Waals surface area contributed by atoms with E-state index in [2.05, 4.69) is 20.0 Å². The van der Waals surface area contributed by atoms with E-state index in [0.717, 1.165) is 41.4 Å². The van der Waals surface area contributed by atoms with Crippen LogP contribution in [0.25, 0.3) is 16.7 Å². The maximum atomic E-state index is 13.3. The van der Waals surface area contributed by atoms with E-state index in [4.69, 9.17) is 0 Å². The van der Waals surface area contributed by atoms with E-state index < -0.39 is 17.3 Å². The van der Waals surface area contributed by atoms with Crippen molar-refractivity contribution in [1.29, 1.82) is 0 Å². The first kappa shape index (κ1) is 20.1. The number of amides is 1. The van der Waals surface area contributed by atoms with Gasteiger partial charge in [0.15, 0.2) is 0 Å². The van der Waals surface area contributed by atoms with Gasteiger partial charge in [0.25, 0.3) is 11.5 Å². The highest BCUT2D eigenvalue weighted by molar-refractivity contribution is 6.02. The van der Waals surface area contributed by atoms with Gasteiger partial charge in [0, 0.05) is 12.1 Å². The number of nitrogens with one attached hydrogen (secondary N) is 1. The van der Waals surface area contributed by atoms with Crippen LogP contribution in [0.5, 0.6) is 0 Å². The highest BCUT2D eigenvalue weighted by Crippen LogP contribution is 2.34. The van der Waals surface area contributed by atoms with Crippen molar-refractivity contribution in [2.75, 3.05) is 5.32 Å². The van der Waals surface area contributed by atoms with Crippen molar-refractivity contribution in [3.8, 4) is 5.69 Å². The summed E-state index contributed by atoms with van der Waals surface area (Å²) in [5.41, 5.74) is 1.83. The normalized spacial score (nSPS) is 14.5. The zero-order chi connectivity index (χ0) is 22.1. The largest absolute Gasteiger partial charge is 0.307 e. The second-order valence-corrected chi connectivity index (χ2v) is 7.99. The number of anilines is 1. The molecule has 32 heavy (non-hydrogen) atoms. The number of carbonyl (C=O) groups is 1. The first-order valence-electron chi connectivity index (χ1n) is 10.7. The van der Waals surface area contributed by atoms with Crippen LogP contribution in [0, 0.1) is 5.82 Å². The summed E-state index contributed by atoms with van der Waals surface area (Å²) in [4.78, 5) is 30.0. The fourth-order valence-corrected chi connectivity index (χ4v) is 4.31. The maximum absolute atomic E-state index is 13.3. The third-order valence-corrected chi connectivity index (χ3v) is 5.87. The van der Waals surface area contributed by atoms with Gasteiger partial charge in [0.2, 0.25) is 5.95 Å². The summed E-state index contributed by atoms with van der Waals surface area (Å²) in [7, 11) is 0. The molecule has 7 nitrogen and oxygen atoms in total. The Morgan fingerprint density at radius 3 is 2.50 bits per heavy atom. The first-order valence-corrected chi connectivity index (χ1v) is 10.7. The van der Waals surface area contributed by atoms with Crippen molar-refractivity contribution >= 4 is 22.9 Å². The Balaban J connectivity index is 1.50. The zero-order valence-corrected chi connectivity index (χ0v) is 17.4. The monoisotopic (exact) mass is 431 g/mol. The predicted octanol–water partition coefficient (Wildman–Crippen LogP) is 4.48. The molecule has 0 bridgehead atoms. The molecule has 1 fully saturated rings. The Labute approximate surface area is 183 Å². The summed E-state index contributed by atoms with van der Waals surface area (Å²) in [5, 5.41) is 7.09. The molecular formula is C24H22FN5O2. The van der Waals surface area contributed by atoms with Gasteiger partial charge >= 0.3 is 0 Å². The third kappa shape index (κ3) is 3.79. The van der Waals surface area contributed by atoms with Crippen molar-refractivity contribution < 1.29 is 9.18 Å². The van der Waals surface area contributed by atoms with E-state index >= 15 is 0 Å². The summed E-state index contributed by atoms with van der Waals surface area (Å²) >= 11 is 0. The first-order chi connectivity index (χ1) is 15.6. The molecule has 2 aromatic carbocycles. The van der Waals surface area contributed by atoms with Gasteiger partial charge in [-0.05, 0) is 55.3 Å². The van der Waals surface area contributed by atoms with Gasteiger partial charge in [-0.1, -0.05) is 31.4 Å². The van der Waals surface area contributed by atoms with Gasteiger partial charge < -0.3 is 4.57 Å². The number of aromatic nitrogens is 4. The van der Waals surface area contributed by atoms with Crippen LogP contribution in [0.1, 0.15) is 48.6 Å². The van der Waals surface area contributed by atoms with E-state index in [9.17, 15) is 14.0 Å². The molecule has 1 saturated carbocycles. The zero-order valence-electron chi connectivity index (χ0n) is 17.4. The van der Waals surface area contributed by atoms with Gasteiger partial charge in [0.05, 0.1) is 16.7 Å². The molecule has 8 heteroatoms. The Morgan fingerprint density at radius 2 is 1.72 bits per heavy atom. The lowest BCUT2D eigenvalue weighted by atomic mass is 9.95. The lowest BCUT2D eigenvalue weighted by molar-refractivity contribution is 0.101. The molecule has 0 spiro atoms. The van der Waals surface area contributed by atoms with Gasteiger partial charge in [-0.25, -0.2) is 9.37 Å². The van der Waals surface area contributed by atoms with Gasteiger partial charge in [-0.3, -0.25) is 14.9 Å². The third-order valence-electron chi connectivity index (χ3n) is 5.87. The number of fused-ring (bicyclic) bond motifs is 1. The quantitative estimate of drug-likeness (QED) is 0.517. The maximum Gasteiger partial charge on any atom is 0.278 e. The fraction of sp³-hybridized carbons (Fsp3) is 0.250. The number of benzene rings is 2. The molecule has 5 rings (SSSR count). The number of hydrogen-bond donors (Lipinski definition) is 1. The average Bonchev–Trinajstić information content (AvgIpc) is 3.18. The molecule has 1 aliphatic rings. The smallest absolute Gasteiger partial charge is 0.278 e. The Hall–Kier alpha value is -3.81. The molecular weight excluding hydrogens is 409 g/mol. The summed E-state index contributed by atoms with van der Waals surface area (Å²) in [6.07, 6.45) is 5.59. The van der Waals surface area contributed by atoms with Crippen LogP contribution < -0.4 is 10.9 Å². The predicted molar refractivity (Wildman–Crippen MR) is 120 cm³/mol. The summed E-state index contributed by atoms with van der Waals surface area (Å²) in [6, 6.07) is 16.1. The van der Waals surface area contributed by atoms with E-state index in [1.54, 1.807) is 0 Å². The molecule has 1 N–H and O–H groups in total. The topological polar surface area (TPSA) is 81.8 Å². The standard InChI is InChI=1S/C24H22FN5O2/c25-16-10-12-18(13-11-16)30-22(31)15-14-20(28-30)23(32)27-24-26-19-8-4-5-9-21(19)29(24)17-6-2-1-3-7-17/h4-5,8-15,17H,1-3,6-7H2,(H,26,27,32). The summed E-state index contributed by atoms with van der Waals surface area (Å²) in [6.45, 7) is 0. The molecule has 0 radical (unpaired) electrons. The summed E-state index contributed by atoms with van der Waals surface area (Å²) in [5.74, 6) is -0.407. The van der Waals surface area contributed by atoms with E-state index in [-0.39, 0.29) is 11.7 Å². The minimum Gasteiger partial charge on any atom is -0.307 e. The Morgan fingerprint density at radius 1 is 0.969 bits per heavy atom. The van der Waals surface area contributed by atoms with Crippen molar-refractivity contribution in [3.05, 3.63) is 82.5 Å². The molecule has 0 aliphatic heterocycles. The highest BCUT2D eigenvalue weighted by atomic mass is 19.1. The van der Waals surface area contributed by atoms with Crippen LogP contribution in [0.4, 0.5) is 10.3 Å². The van der Waals surface area contributed by atoms with E-state index in [0.29, 0.717) is 11.6 Å². The van der Waals surface area contributed by atoms with Crippen molar-refractivity contribution in [3.63, 3.8) is 0 Å². The molecule has 4 aromatic rings. The molecule has 2 aromatic heterocycles. The Bertz CT molecular complexity index is 1340. The lowest BCUT2D eigenvalue weighted by Gasteiger charge is -2.25.